The Morgan fingerprint density at radius 1 is 1.25 bits per heavy atom. The summed E-state index contributed by atoms with van der Waals surface area (Å²) >= 11 is 0. The summed E-state index contributed by atoms with van der Waals surface area (Å²) in [6.07, 6.45) is 0.585. The molecule has 0 unspecified atom stereocenters. The van der Waals surface area contributed by atoms with Crippen molar-refractivity contribution in [3.05, 3.63) is 29.8 Å². The molecule has 40 heavy (non-hydrogen) atoms. The summed E-state index contributed by atoms with van der Waals surface area (Å²) in [7, 11) is 3.10. The van der Waals surface area contributed by atoms with Gasteiger partial charge >= 0.3 is 0 Å². The number of para-hydroxylation sites is 1. The van der Waals surface area contributed by atoms with Crippen molar-refractivity contribution in [1.82, 2.24) is 15.1 Å². The Bertz CT molecular complexity index is 1160. The van der Waals surface area contributed by atoms with Crippen LogP contribution < -0.4 is 10.6 Å². The number of nitrogens with zero attached hydrogens (tertiary/aromatic N) is 3. The Hall–Kier alpha value is -3.49. The first-order chi connectivity index (χ1) is 18.8. The van der Waals surface area contributed by atoms with E-state index in [0.29, 0.717) is 25.3 Å². The Balaban J connectivity index is 1.77. The molecule has 1 aromatic carbocycles. The van der Waals surface area contributed by atoms with Gasteiger partial charge in [0.2, 0.25) is 23.6 Å². The largest absolute Gasteiger partial charge is 0.382 e. The van der Waals surface area contributed by atoms with E-state index in [4.69, 9.17) is 9.47 Å². The first-order valence-corrected chi connectivity index (χ1v) is 13.6. The summed E-state index contributed by atoms with van der Waals surface area (Å²) in [4.78, 5) is 55.9. The standard InChI is InChI=1S/C29H41N5O6/c1-19(31-24(35)11-12-40-14-13-39-6)25(36)33(5)23(16-28(2,3)4)26(37)34-18-29(15-20(34)17-30)21-9-7-8-10-22(21)32-27(29)38/h7-10,19-20,23H,11-16,18H2,1-6H3,(H,31,35)(H,32,38)/t19-,20-,23-,29-/m0/s1. The number of hydrogen-bond acceptors (Lipinski definition) is 7. The van der Waals surface area contributed by atoms with Gasteiger partial charge in [-0.3, -0.25) is 19.2 Å². The van der Waals surface area contributed by atoms with E-state index in [9.17, 15) is 24.4 Å². The number of likely N-dealkylation sites (N-methyl/N-ethyl adjacent to an activating group) is 1. The van der Waals surface area contributed by atoms with Gasteiger partial charge in [0.15, 0.2) is 0 Å². The summed E-state index contributed by atoms with van der Waals surface area (Å²) in [5.41, 5.74) is 0.104. The number of rotatable bonds is 11. The van der Waals surface area contributed by atoms with Crippen LogP contribution in [0.15, 0.2) is 24.3 Å². The van der Waals surface area contributed by atoms with Crippen molar-refractivity contribution < 1.29 is 28.7 Å². The quantitative estimate of drug-likeness (QED) is 0.397. The zero-order chi connectivity index (χ0) is 29.7. The lowest BCUT2D eigenvalue weighted by Gasteiger charge is -2.36. The number of nitriles is 1. The van der Waals surface area contributed by atoms with E-state index < -0.39 is 35.4 Å². The van der Waals surface area contributed by atoms with Crippen molar-refractivity contribution in [2.45, 2.75) is 70.5 Å². The van der Waals surface area contributed by atoms with Crippen LogP contribution in [0.3, 0.4) is 0 Å². The number of ether oxygens (including phenoxy) is 2. The van der Waals surface area contributed by atoms with Crippen LogP contribution in [0.4, 0.5) is 5.69 Å². The number of carbonyl (C=O) groups is 4. The minimum atomic E-state index is -1.02. The van der Waals surface area contributed by atoms with Crippen LogP contribution in [0.25, 0.3) is 0 Å². The predicted octanol–water partition coefficient (Wildman–Crippen LogP) is 1.82. The van der Waals surface area contributed by atoms with Crippen molar-refractivity contribution >= 4 is 29.3 Å². The highest BCUT2D eigenvalue weighted by Gasteiger charge is 2.56. The van der Waals surface area contributed by atoms with Crippen LogP contribution >= 0.6 is 0 Å². The third-order valence-electron chi connectivity index (χ3n) is 7.47. The molecule has 2 aliphatic rings. The fourth-order valence-corrected chi connectivity index (χ4v) is 5.39. The van der Waals surface area contributed by atoms with E-state index in [2.05, 4.69) is 16.7 Å². The summed E-state index contributed by atoms with van der Waals surface area (Å²) in [5, 5.41) is 15.6. The van der Waals surface area contributed by atoms with Gasteiger partial charge in [-0.25, -0.2) is 0 Å². The molecule has 2 N–H and O–H groups in total. The molecule has 0 bridgehead atoms. The number of methoxy groups -OCH3 is 1. The molecule has 3 rings (SSSR count). The van der Waals surface area contributed by atoms with E-state index in [1.54, 1.807) is 14.0 Å². The monoisotopic (exact) mass is 555 g/mol. The number of benzene rings is 1. The highest BCUT2D eigenvalue weighted by atomic mass is 16.5. The Labute approximate surface area is 236 Å². The van der Waals surface area contributed by atoms with Crippen LogP contribution in [0.5, 0.6) is 0 Å². The van der Waals surface area contributed by atoms with E-state index in [1.807, 2.05) is 45.0 Å². The maximum Gasteiger partial charge on any atom is 0.246 e. The first kappa shape index (κ1) is 31.0. The normalized spacial score (nSPS) is 21.4. The number of hydrogen-bond donors (Lipinski definition) is 2. The number of carbonyl (C=O) groups excluding carboxylic acids is 4. The predicted molar refractivity (Wildman–Crippen MR) is 148 cm³/mol. The third kappa shape index (κ3) is 6.80. The fraction of sp³-hybridized carbons (Fsp3) is 0.621. The van der Waals surface area contributed by atoms with Gasteiger partial charge in [0.05, 0.1) is 31.3 Å². The molecule has 1 saturated heterocycles. The summed E-state index contributed by atoms with van der Waals surface area (Å²) in [6.45, 7) is 8.50. The highest BCUT2D eigenvalue weighted by molar-refractivity contribution is 6.07. The average molecular weight is 556 g/mol. The number of fused-ring (bicyclic) bond motifs is 2. The van der Waals surface area contributed by atoms with Gasteiger partial charge in [-0.05, 0) is 30.4 Å². The number of anilines is 1. The molecule has 2 heterocycles. The maximum absolute atomic E-state index is 14.1. The van der Waals surface area contributed by atoms with Crippen molar-refractivity contribution in [2.75, 3.05) is 45.8 Å². The second kappa shape index (κ2) is 12.8. The van der Waals surface area contributed by atoms with Crippen LogP contribution in [-0.2, 0) is 34.1 Å². The summed E-state index contributed by atoms with van der Waals surface area (Å²) in [6, 6.07) is 6.93. The number of nitrogens with one attached hydrogen (secondary N) is 2. The van der Waals surface area contributed by atoms with Crippen LogP contribution in [-0.4, -0.2) is 92.1 Å². The molecule has 1 fully saturated rings. The lowest BCUT2D eigenvalue weighted by molar-refractivity contribution is -0.147. The minimum absolute atomic E-state index is 0.0466. The number of likely N-dealkylation sites (tertiary alicyclic amines) is 1. The SMILES string of the molecule is COCCOCCC(=O)N[C@@H](C)C(=O)N(C)[C@@H](CC(C)(C)C)C(=O)N1C[C@]2(C[C@H]1C#N)C(=O)Nc1ccccc12. The average Bonchev–Trinajstić information content (AvgIpc) is 3.43. The molecule has 4 amide bonds. The van der Waals surface area contributed by atoms with Crippen molar-refractivity contribution in [2.24, 2.45) is 5.41 Å². The molecule has 1 aromatic rings. The smallest absolute Gasteiger partial charge is 0.246 e. The van der Waals surface area contributed by atoms with Crippen LogP contribution in [0.2, 0.25) is 0 Å². The van der Waals surface area contributed by atoms with Crippen molar-refractivity contribution in [3.63, 3.8) is 0 Å². The minimum Gasteiger partial charge on any atom is -0.382 e. The zero-order valence-electron chi connectivity index (χ0n) is 24.3. The molecule has 0 aliphatic carbocycles. The molecule has 11 heteroatoms. The van der Waals surface area contributed by atoms with Gasteiger partial charge in [-0.15, -0.1) is 0 Å². The topological polar surface area (TPSA) is 141 Å². The molecular formula is C29H41N5O6. The molecule has 11 nitrogen and oxygen atoms in total. The van der Waals surface area contributed by atoms with Gasteiger partial charge in [0.1, 0.15) is 18.1 Å². The molecule has 0 radical (unpaired) electrons. The third-order valence-corrected chi connectivity index (χ3v) is 7.47. The maximum atomic E-state index is 14.1. The number of amides is 4. The Kier molecular flexibility index (Phi) is 9.92. The van der Waals surface area contributed by atoms with E-state index >= 15 is 0 Å². The first-order valence-electron chi connectivity index (χ1n) is 13.6. The summed E-state index contributed by atoms with van der Waals surface area (Å²) in [5.74, 6) is -1.40. The fourth-order valence-electron chi connectivity index (χ4n) is 5.39. The van der Waals surface area contributed by atoms with Gasteiger partial charge in [0, 0.05) is 39.2 Å². The molecule has 0 saturated carbocycles. The van der Waals surface area contributed by atoms with Gasteiger partial charge < -0.3 is 29.9 Å². The van der Waals surface area contributed by atoms with Crippen LogP contribution in [0.1, 0.15) is 52.5 Å². The van der Waals surface area contributed by atoms with Crippen LogP contribution in [0, 0.1) is 16.7 Å². The van der Waals surface area contributed by atoms with E-state index in [1.165, 1.54) is 16.8 Å². The molecule has 218 valence electrons. The molecule has 2 aliphatic heterocycles. The van der Waals surface area contributed by atoms with E-state index in [0.717, 1.165) is 5.56 Å². The van der Waals surface area contributed by atoms with Gasteiger partial charge in [-0.2, -0.15) is 5.26 Å². The molecular weight excluding hydrogens is 514 g/mol. The Morgan fingerprint density at radius 3 is 2.60 bits per heavy atom. The van der Waals surface area contributed by atoms with Crippen molar-refractivity contribution in [1.29, 1.82) is 5.26 Å². The van der Waals surface area contributed by atoms with Crippen molar-refractivity contribution in [3.8, 4) is 6.07 Å². The second-order valence-electron chi connectivity index (χ2n) is 11.8. The second-order valence-corrected chi connectivity index (χ2v) is 11.8. The van der Waals surface area contributed by atoms with Gasteiger partial charge in [0.25, 0.3) is 0 Å². The van der Waals surface area contributed by atoms with Gasteiger partial charge in [-0.1, -0.05) is 39.0 Å². The lowest BCUT2D eigenvalue weighted by Crippen LogP contribution is -2.56. The highest BCUT2D eigenvalue weighted by Crippen LogP contribution is 2.46. The summed E-state index contributed by atoms with van der Waals surface area (Å²) < 4.78 is 10.2. The molecule has 0 aromatic heterocycles. The lowest BCUT2D eigenvalue weighted by atomic mass is 9.80. The Morgan fingerprint density at radius 2 is 1.95 bits per heavy atom. The van der Waals surface area contributed by atoms with E-state index in [-0.39, 0.29) is 43.2 Å². The molecule has 1 spiro atoms. The molecule has 4 atom stereocenters. The zero-order valence-corrected chi connectivity index (χ0v) is 24.3.